The molecule has 7 rings (SSSR count). The van der Waals surface area contributed by atoms with Crippen molar-refractivity contribution in [2.45, 2.75) is 76.9 Å². The highest BCUT2D eigenvalue weighted by Gasteiger charge is 2.68. The standard InChI is InChI=1S/C44H47N3O9/c1-42-16-13-32(48)20-30(42)8-10-33-35-14-17-44(54,43(35,2)21-36(49)40(33)42)37(50)25-56-39(52)12-11-38(51)55-24-26-3-5-27(6-4-26)34(22-45)41(53)47-31-9-7-29-23-46-18-15-28(29)19-31/h3-7,9,13,15-16,18-20,23,33-35,40,54H,8,10-12,14,17,21-22,24-25,45H2,1-2H3,(H,47,53)/t33-,34+,35-,40+,42-,43-,44-/m0/s1. The first-order chi connectivity index (χ1) is 26.8. The third-order valence-electron chi connectivity index (χ3n) is 13.0. The van der Waals surface area contributed by atoms with Crippen molar-refractivity contribution in [1.29, 1.82) is 0 Å². The minimum absolute atomic E-state index is 0.0155. The number of fused-ring (bicyclic) bond motifs is 6. The van der Waals surface area contributed by atoms with Gasteiger partial charge in [0.1, 0.15) is 18.0 Å². The summed E-state index contributed by atoms with van der Waals surface area (Å²) in [6.45, 7) is 3.16. The van der Waals surface area contributed by atoms with Crippen molar-refractivity contribution >= 4 is 51.7 Å². The van der Waals surface area contributed by atoms with Crippen molar-refractivity contribution < 1.29 is 43.3 Å². The Labute approximate surface area is 324 Å². The number of amides is 1. The number of rotatable bonds is 12. The van der Waals surface area contributed by atoms with E-state index in [1.165, 1.54) is 6.08 Å². The van der Waals surface area contributed by atoms with Crippen LogP contribution < -0.4 is 11.1 Å². The van der Waals surface area contributed by atoms with Gasteiger partial charge in [-0.05, 0) is 84.4 Å². The van der Waals surface area contributed by atoms with E-state index in [1.54, 1.807) is 55.7 Å². The first-order valence-corrected chi connectivity index (χ1v) is 19.2. The summed E-state index contributed by atoms with van der Waals surface area (Å²) in [5, 5.41) is 16.7. The molecule has 1 aromatic heterocycles. The lowest BCUT2D eigenvalue weighted by Crippen LogP contribution is -2.60. The number of carbonyl (C=O) groups excluding carboxylic acids is 6. The van der Waals surface area contributed by atoms with E-state index in [-0.39, 0.29) is 74.1 Å². The second-order valence-corrected chi connectivity index (χ2v) is 16.1. The Balaban J connectivity index is 0.866. The van der Waals surface area contributed by atoms with E-state index >= 15 is 0 Å². The van der Waals surface area contributed by atoms with Gasteiger partial charge < -0.3 is 25.6 Å². The summed E-state index contributed by atoms with van der Waals surface area (Å²) in [5.74, 6) is -3.52. The zero-order valence-electron chi connectivity index (χ0n) is 31.6. The molecule has 0 bridgehead atoms. The van der Waals surface area contributed by atoms with E-state index in [1.807, 2.05) is 31.2 Å². The van der Waals surface area contributed by atoms with Crippen LogP contribution in [0.5, 0.6) is 0 Å². The minimum Gasteiger partial charge on any atom is -0.461 e. The van der Waals surface area contributed by atoms with E-state index in [9.17, 15) is 33.9 Å². The second-order valence-electron chi connectivity index (χ2n) is 16.1. The van der Waals surface area contributed by atoms with Gasteiger partial charge in [-0.25, -0.2) is 0 Å². The first-order valence-electron chi connectivity index (χ1n) is 19.2. The topological polar surface area (TPSA) is 192 Å². The van der Waals surface area contributed by atoms with Gasteiger partial charge in [-0.1, -0.05) is 55.8 Å². The quantitative estimate of drug-likeness (QED) is 0.209. The molecular formula is C44H47N3O9. The molecule has 4 aliphatic carbocycles. The van der Waals surface area contributed by atoms with E-state index in [0.717, 1.165) is 16.3 Å². The Morgan fingerprint density at radius 3 is 2.48 bits per heavy atom. The van der Waals surface area contributed by atoms with Gasteiger partial charge in [0.2, 0.25) is 11.7 Å². The Hall–Kier alpha value is -5.33. The van der Waals surface area contributed by atoms with Crippen LogP contribution in [0.4, 0.5) is 5.69 Å². The predicted octanol–water partition coefficient (Wildman–Crippen LogP) is 5.07. The molecule has 0 spiro atoms. The number of aromatic nitrogens is 1. The number of carbonyl (C=O) groups is 6. The molecule has 3 fully saturated rings. The van der Waals surface area contributed by atoms with Gasteiger partial charge >= 0.3 is 11.9 Å². The molecule has 0 radical (unpaired) electrons. The average molecular weight is 762 g/mol. The fraction of sp³-hybridized carbons (Fsp3) is 0.432. The zero-order chi connectivity index (χ0) is 39.8. The second kappa shape index (κ2) is 15.3. The number of anilines is 1. The van der Waals surface area contributed by atoms with E-state index in [4.69, 9.17) is 15.2 Å². The van der Waals surface area contributed by atoms with Crippen LogP contribution in [-0.2, 0) is 44.8 Å². The van der Waals surface area contributed by atoms with Gasteiger partial charge in [0.05, 0.1) is 18.8 Å². The third kappa shape index (κ3) is 7.12. The zero-order valence-corrected chi connectivity index (χ0v) is 31.6. The van der Waals surface area contributed by atoms with E-state index in [2.05, 4.69) is 10.3 Å². The molecule has 1 heterocycles. The van der Waals surface area contributed by atoms with Gasteiger partial charge in [-0.3, -0.25) is 33.8 Å². The molecule has 292 valence electrons. The van der Waals surface area contributed by atoms with Crippen LogP contribution in [0.2, 0.25) is 0 Å². The molecule has 12 nitrogen and oxygen atoms in total. The molecule has 56 heavy (non-hydrogen) atoms. The maximum absolute atomic E-state index is 13.8. The summed E-state index contributed by atoms with van der Waals surface area (Å²) in [4.78, 5) is 81.8. The number of benzene rings is 2. The number of ketones is 3. The first kappa shape index (κ1) is 38.9. The number of pyridine rings is 1. The summed E-state index contributed by atoms with van der Waals surface area (Å²) in [6.07, 6.45) is 9.97. The normalized spacial score (nSPS) is 28.4. The molecule has 7 atom stereocenters. The molecule has 3 saturated carbocycles. The number of hydrogen-bond acceptors (Lipinski definition) is 11. The number of hydrogen-bond donors (Lipinski definition) is 3. The molecule has 1 amide bonds. The van der Waals surface area contributed by atoms with Crippen molar-refractivity contribution in [3.05, 3.63) is 95.9 Å². The molecule has 2 aromatic carbocycles. The number of nitrogens with zero attached hydrogens (tertiary/aromatic N) is 1. The molecule has 0 saturated heterocycles. The fourth-order valence-corrected chi connectivity index (χ4v) is 9.90. The maximum Gasteiger partial charge on any atom is 0.306 e. The molecule has 4 N–H and O–H groups in total. The van der Waals surface area contributed by atoms with Crippen molar-refractivity contribution in [3.8, 4) is 0 Å². The van der Waals surface area contributed by atoms with Crippen LogP contribution in [-0.4, -0.2) is 64.0 Å². The molecule has 0 unspecified atom stereocenters. The van der Waals surface area contributed by atoms with Crippen molar-refractivity contribution in [2.75, 3.05) is 18.5 Å². The summed E-state index contributed by atoms with van der Waals surface area (Å²) >= 11 is 0. The summed E-state index contributed by atoms with van der Waals surface area (Å²) in [5.41, 5.74) is 5.53. The predicted molar refractivity (Wildman–Crippen MR) is 206 cm³/mol. The van der Waals surface area contributed by atoms with Crippen LogP contribution in [0.15, 0.2) is 84.7 Å². The van der Waals surface area contributed by atoms with E-state index in [0.29, 0.717) is 36.1 Å². The highest BCUT2D eigenvalue weighted by atomic mass is 16.5. The number of nitrogens with one attached hydrogen (secondary N) is 1. The van der Waals surface area contributed by atoms with Crippen LogP contribution in [0, 0.1) is 28.6 Å². The molecule has 0 aliphatic heterocycles. The average Bonchev–Trinajstić information content (AvgIpc) is 3.46. The third-order valence-corrected chi connectivity index (χ3v) is 13.0. The lowest BCUT2D eigenvalue weighted by molar-refractivity contribution is -0.172. The maximum atomic E-state index is 13.8. The van der Waals surface area contributed by atoms with Gasteiger partial charge in [0.15, 0.2) is 12.4 Å². The number of allylic oxidation sites excluding steroid dienone is 4. The van der Waals surface area contributed by atoms with Gasteiger partial charge in [-0.2, -0.15) is 0 Å². The summed E-state index contributed by atoms with van der Waals surface area (Å²) in [7, 11) is 0. The van der Waals surface area contributed by atoms with E-state index < -0.39 is 46.7 Å². The Bertz CT molecular complexity index is 2160. The molecule has 3 aromatic rings. The van der Waals surface area contributed by atoms with Crippen LogP contribution in [0.1, 0.15) is 75.8 Å². The smallest absolute Gasteiger partial charge is 0.306 e. The fourth-order valence-electron chi connectivity index (χ4n) is 9.90. The van der Waals surface area contributed by atoms with Crippen molar-refractivity contribution in [3.63, 3.8) is 0 Å². The van der Waals surface area contributed by atoms with Crippen molar-refractivity contribution in [1.82, 2.24) is 4.98 Å². The van der Waals surface area contributed by atoms with Gasteiger partial charge in [0, 0.05) is 53.2 Å². The van der Waals surface area contributed by atoms with Crippen molar-refractivity contribution in [2.24, 2.45) is 34.3 Å². The lowest BCUT2D eigenvalue weighted by Gasteiger charge is -2.56. The number of ether oxygens (including phenoxy) is 2. The highest BCUT2D eigenvalue weighted by Crippen LogP contribution is 2.66. The SMILES string of the molecule is C[C@]12C=CC(=O)C=C1CC[C@@H]1[C@@H]2C(=O)C[C@@]2(C)[C@H]1CC[C@]2(O)C(=O)COC(=O)CCC(=O)OCc1ccc([C@@H](CN)C(=O)Nc2ccc3cnccc3c2)cc1. The van der Waals surface area contributed by atoms with Crippen LogP contribution in [0.3, 0.4) is 0 Å². The molecular weight excluding hydrogens is 714 g/mol. The monoisotopic (exact) mass is 761 g/mol. The molecule has 4 aliphatic rings. The number of Topliss-reactive ketones (excluding diaryl/α,β-unsaturated/α-hetero) is 2. The minimum atomic E-state index is -1.84. The lowest BCUT2D eigenvalue weighted by atomic mass is 9.46. The summed E-state index contributed by atoms with van der Waals surface area (Å²) < 4.78 is 10.6. The van der Waals surface area contributed by atoms with Crippen LogP contribution in [0.25, 0.3) is 10.8 Å². The Morgan fingerprint density at radius 1 is 0.982 bits per heavy atom. The summed E-state index contributed by atoms with van der Waals surface area (Å²) in [6, 6.07) is 14.4. The number of aliphatic hydroxyl groups is 1. The van der Waals surface area contributed by atoms with Gasteiger partial charge in [0.25, 0.3) is 0 Å². The Morgan fingerprint density at radius 2 is 1.73 bits per heavy atom. The largest absolute Gasteiger partial charge is 0.461 e. The van der Waals surface area contributed by atoms with Gasteiger partial charge in [-0.15, -0.1) is 0 Å². The Kier molecular flexibility index (Phi) is 10.6. The number of esters is 2. The highest BCUT2D eigenvalue weighted by molar-refractivity contribution is 6.02. The number of nitrogens with two attached hydrogens (primary N) is 1. The molecule has 12 heteroatoms. The van der Waals surface area contributed by atoms with Crippen LogP contribution >= 0.6 is 0 Å².